The van der Waals surface area contributed by atoms with Crippen LogP contribution in [-0.2, 0) is 0 Å². The number of rotatable bonds is 3. The summed E-state index contributed by atoms with van der Waals surface area (Å²) in [5, 5.41) is 0. The van der Waals surface area contributed by atoms with Gasteiger partial charge in [-0.25, -0.2) is 0 Å². The summed E-state index contributed by atoms with van der Waals surface area (Å²) >= 11 is 0. The molecule has 0 radical (unpaired) electrons. The second-order valence-electron chi connectivity index (χ2n) is 5.95. The van der Waals surface area contributed by atoms with Crippen molar-refractivity contribution in [1.82, 2.24) is 0 Å². The zero-order valence-corrected chi connectivity index (χ0v) is 13.3. The van der Waals surface area contributed by atoms with Crippen molar-refractivity contribution in [2.75, 3.05) is 0 Å². The second-order valence-corrected chi connectivity index (χ2v) is 5.95. The minimum absolute atomic E-state index is 0.0910. The summed E-state index contributed by atoms with van der Waals surface area (Å²) in [6, 6.07) is 17.5. The zero-order chi connectivity index (χ0) is 15.7. The minimum Gasteiger partial charge on any atom is -0.289 e. The lowest BCUT2D eigenvalue weighted by molar-refractivity contribution is 0.103. The molecule has 0 spiro atoms. The van der Waals surface area contributed by atoms with Crippen LogP contribution in [0.3, 0.4) is 0 Å². The summed E-state index contributed by atoms with van der Waals surface area (Å²) in [6.07, 6.45) is 2.23. The molecule has 0 saturated heterocycles. The van der Waals surface area contributed by atoms with Gasteiger partial charge in [0.1, 0.15) is 0 Å². The molecule has 0 heterocycles. The third-order valence-electron chi connectivity index (χ3n) is 4.48. The van der Waals surface area contributed by atoms with E-state index >= 15 is 0 Å². The van der Waals surface area contributed by atoms with E-state index in [1.54, 1.807) is 0 Å². The van der Waals surface area contributed by atoms with Crippen LogP contribution < -0.4 is 0 Å². The summed E-state index contributed by atoms with van der Waals surface area (Å²) in [5.41, 5.74) is 6.49. The summed E-state index contributed by atoms with van der Waals surface area (Å²) in [5.74, 6) is 0.456. The summed E-state index contributed by atoms with van der Waals surface area (Å²) in [6.45, 7) is 6.50. The lowest BCUT2D eigenvalue weighted by Gasteiger charge is -2.16. The van der Waals surface area contributed by atoms with Crippen LogP contribution in [0.2, 0.25) is 0 Å². The SMILES string of the molecule is CC1=CC(C)=C(c2ccccc2C(=O)c2ccccc2)C1C. The predicted molar refractivity (Wildman–Crippen MR) is 91.8 cm³/mol. The van der Waals surface area contributed by atoms with E-state index in [9.17, 15) is 4.79 Å². The van der Waals surface area contributed by atoms with Crippen LogP contribution in [0.1, 0.15) is 42.3 Å². The Morgan fingerprint density at radius 2 is 1.55 bits per heavy atom. The first kappa shape index (κ1) is 14.5. The van der Waals surface area contributed by atoms with E-state index in [0.717, 1.165) is 16.7 Å². The van der Waals surface area contributed by atoms with Gasteiger partial charge in [0, 0.05) is 17.0 Å². The van der Waals surface area contributed by atoms with Crippen molar-refractivity contribution < 1.29 is 4.79 Å². The number of carbonyl (C=O) groups excluding carboxylic acids is 1. The van der Waals surface area contributed by atoms with E-state index in [2.05, 4.69) is 32.9 Å². The molecule has 0 N–H and O–H groups in total. The molecule has 2 aromatic carbocycles. The Hall–Kier alpha value is -2.41. The van der Waals surface area contributed by atoms with Gasteiger partial charge in [0.2, 0.25) is 0 Å². The third kappa shape index (κ3) is 2.43. The highest BCUT2D eigenvalue weighted by Crippen LogP contribution is 2.39. The van der Waals surface area contributed by atoms with Gasteiger partial charge < -0.3 is 0 Å². The molecule has 0 bridgehead atoms. The van der Waals surface area contributed by atoms with Crippen molar-refractivity contribution in [3.05, 3.63) is 88.5 Å². The van der Waals surface area contributed by atoms with E-state index < -0.39 is 0 Å². The van der Waals surface area contributed by atoms with Crippen molar-refractivity contribution in [3.8, 4) is 0 Å². The highest BCUT2D eigenvalue weighted by Gasteiger charge is 2.24. The molecule has 0 aromatic heterocycles. The smallest absolute Gasteiger partial charge is 0.193 e. The maximum absolute atomic E-state index is 12.9. The Labute approximate surface area is 132 Å². The van der Waals surface area contributed by atoms with Crippen LogP contribution in [0.4, 0.5) is 0 Å². The van der Waals surface area contributed by atoms with Crippen LogP contribution in [-0.4, -0.2) is 5.78 Å². The molecule has 1 aliphatic rings. The molecule has 1 heteroatoms. The standard InChI is InChI=1S/C21H20O/c1-14-13-15(2)20(16(14)3)18-11-7-8-12-19(18)21(22)17-9-5-4-6-10-17/h4-13,16H,1-3H3. The molecule has 2 aromatic rings. The first-order chi connectivity index (χ1) is 10.6. The largest absolute Gasteiger partial charge is 0.289 e. The molecule has 1 nitrogen and oxygen atoms in total. The van der Waals surface area contributed by atoms with E-state index in [1.807, 2.05) is 48.5 Å². The lowest BCUT2D eigenvalue weighted by atomic mass is 9.86. The van der Waals surface area contributed by atoms with E-state index in [4.69, 9.17) is 0 Å². The molecule has 1 atom stereocenters. The topological polar surface area (TPSA) is 17.1 Å². The second kappa shape index (κ2) is 5.76. The number of ketones is 1. The van der Waals surface area contributed by atoms with Gasteiger partial charge in [-0.3, -0.25) is 4.79 Å². The zero-order valence-electron chi connectivity index (χ0n) is 13.3. The average molecular weight is 288 g/mol. The van der Waals surface area contributed by atoms with Crippen molar-refractivity contribution >= 4 is 11.4 Å². The predicted octanol–water partition coefficient (Wildman–Crippen LogP) is 5.29. The highest BCUT2D eigenvalue weighted by atomic mass is 16.1. The highest BCUT2D eigenvalue weighted by molar-refractivity contribution is 6.12. The molecule has 0 aliphatic heterocycles. The Morgan fingerprint density at radius 1 is 0.909 bits per heavy atom. The van der Waals surface area contributed by atoms with Crippen LogP contribution in [0.15, 0.2) is 71.8 Å². The summed E-state index contributed by atoms with van der Waals surface area (Å²) < 4.78 is 0. The molecule has 1 aliphatic carbocycles. The number of benzene rings is 2. The average Bonchev–Trinajstić information content (AvgIpc) is 2.80. The van der Waals surface area contributed by atoms with Gasteiger partial charge in [-0.05, 0) is 30.6 Å². The van der Waals surface area contributed by atoms with Gasteiger partial charge >= 0.3 is 0 Å². The lowest BCUT2D eigenvalue weighted by Crippen LogP contribution is -2.07. The van der Waals surface area contributed by atoms with Crippen molar-refractivity contribution in [1.29, 1.82) is 0 Å². The van der Waals surface area contributed by atoms with Crippen LogP contribution in [0.5, 0.6) is 0 Å². The monoisotopic (exact) mass is 288 g/mol. The first-order valence-electron chi connectivity index (χ1n) is 7.67. The van der Waals surface area contributed by atoms with Gasteiger partial charge in [0.25, 0.3) is 0 Å². The van der Waals surface area contributed by atoms with Crippen molar-refractivity contribution in [2.45, 2.75) is 20.8 Å². The van der Waals surface area contributed by atoms with Crippen molar-refractivity contribution in [2.24, 2.45) is 5.92 Å². The Kier molecular flexibility index (Phi) is 3.81. The molecular formula is C21H20O. The quantitative estimate of drug-likeness (QED) is 0.702. The van der Waals surface area contributed by atoms with Gasteiger partial charge in [-0.2, -0.15) is 0 Å². The Balaban J connectivity index is 2.10. The number of hydrogen-bond acceptors (Lipinski definition) is 1. The molecule has 22 heavy (non-hydrogen) atoms. The van der Waals surface area contributed by atoms with Crippen LogP contribution in [0.25, 0.3) is 5.57 Å². The molecule has 110 valence electrons. The third-order valence-corrected chi connectivity index (χ3v) is 4.48. The fourth-order valence-corrected chi connectivity index (χ4v) is 3.22. The Bertz CT molecular complexity index is 779. The number of hydrogen-bond donors (Lipinski definition) is 0. The maximum atomic E-state index is 12.9. The fourth-order valence-electron chi connectivity index (χ4n) is 3.22. The summed E-state index contributed by atoms with van der Waals surface area (Å²) in [7, 11) is 0. The van der Waals surface area contributed by atoms with E-state index in [0.29, 0.717) is 5.92 Å². The molecule has 0 saturated carbocycles. The normalized spacial score (nSPS) is 17.6. The molecule has 0 amide bonds. The molecule has 0 fully saturated rings. The fraction of sp³-hybridized carbons (Fsp3) is 0.190. The van der Waals surface area contributed by atoms with Gasteiger partial charge in [0.15, 0.2) is 5.78 Å². The van der Waals surface area contributed by atoms with Crippen molar-refractivity contribution in [3.63, 3.8) is 0 Å². The maximum Gasteiger partial charge on any atom is 0.193 e. The van der Waals surface area contributed by atoms with E-state index in [1.165, 1.54) is 16.7 Å². The minimum atomic E-state index is 0.0910. The van der Waals surface area contributed by atoms with Crippen LogP contribution in [0, 0.1) is 5.92 Å². The number of allylic oxidation sites excluding steroid dienone is 4. The van der Waals surface area contributed by atoms with Gasteiger partial charge in [-0.1, -0.05) is 73.2 Å². The van der Waals surface area contributed by atoms with Gasteiger partial charge in [0.05, 0.1) is 0 Å². The van der Waals surface area contributed by atoms with Crippen LogP contribution >= 0.6 is 0 Å². The van der Waals surface area contributed by atoms with E-state index in [-0.39, 0.29) is 5.78 Å². The number of carbonyl (C=O) groups is 1. The first-order valence-corrected chi connectivity index (χ1v) is 7.67. The molecule has 1 unspecified atom stereocenters. The Morgan fingerprint density at radius 3 is 2.18 bits per heavy atom. The molecule has 3 rings (SSSR count). The van der Waals surface area contributed by atoms with Gasteiger partial charge in [-0.15, -0.1) is 0 Å². The summed E-state index contributed by atoms with van der Waals surface area (Å²) in [4.78, 5) is 12.9. The molecular weight excluding hydrogens is 268 g/mol.